The van der Waals surface area contributed by atoms with Crippen LogP contribution in [-0.2, 0) is 9.53 Å². The fraction of sp³-hybridized carbons (Fsp3) is 0.833. The van der Waals surface area contributed by atoms with Gasteiger partial charge in [-0.3, -0.25) is 4.79 Å². The molecule has 0 radical (unpaired) electrons. The number of hydrogen-bond acceptors (Lipinski definition) is 3. The van der Waals surface area contributed by atoms with Crippen molar-refractivity contribution in [3.63, 3.8) is 0 Å². The molecule has 0 unspecified atom stereocenters. The van der Waals surface area contributed by atoms with Crippen LogP contribution in [0.3, 0.4) is 0 Å². The molecule has 94 valence electrons. The molecular formula is C12H23NO3. The molecule has 0 aliphatic rings. The topological polar surface area (TPSA) is 55.4 Å². The summed E-state index contributed by atoms with van der Waals surface area (Å²) >= 11 is 0. The molecule has 4 nitrogen and oxygen atoms in total. The average molecular weight is 229 g/mol. The van der Waals surface area contributed by atoms with E-state index >= 15 is 0 Å². The molecule has 0 saturated heterocycles. The van der Waals surface area contributed by atoms with Gasteiger partial charge in [0, 0.05) is 0 Å². The Bertz CT molecular complexity index is 253. The van der Waals surface area contributed by atoms with Crippen LogP contribution in [0.4, 0.5) is 4.79 Å². The van der Waals surface area contributed by atoms with Crippen LogP contribution < -0.4 is 5.32 Å². The van der Waals surface area contributed by atoms with E-state index in [4.69, 9.17) is 4.74 Å². The number of ketones is 1. The van der Waals surface area contributed by atoms with Gasteiger partial charge in [-0.25, -0.2) is 4.79 Å². The Morgan fingerprint density at radius 2 is 1.75 bits per heavy atom. The van der Waals surface area contributed by atoms with E-state index in [0.29, 0.717) is 6.61 Å². The van der Waals surface area contributed by atoms with Crippen molar-refractivity contribution < 1.29 is 14.3 Å². The second kappa shape index (κ2) is 5.87. The molecule has 4 heteroatoms. The molecule has 1 amide bonds. The number of alkyl carbamates (subject to hydrolysis) is 1. The highest BCUT2D eigenvalue weighted by atomic mass is 16.5. The van der Waals surface area contributed by atoms with E-state index in [2.05, 4.69) is 5.32 Å². The van der Waals surface area contributed by atoms with Crippen LogP contribution in [0.2, 0.25) is 0 Å². The van der Waals surface area contributed by atoms with E-state index in [-0.39, 0.29) is 17.1 Å². The van der Waals surface area contributed by atoms with E-state index in [9.17, 15) is 9.59 Å². The minimum absolute atomic E-state index is 0.0611. The first-order valence-electron chi connectivity index (χ1n) is 5.58. The van der Waals surface area contributed by atoms with Crippen LogP contribution in [-0.4, -0.2) is 24.5 Å². The van der Waals surface area contributed by atoms with Gasteiger partial charge in [-0.1, -0.05) is 34.6 Å². The van der Waals surface area contributed by atoms with Crippen LogP contribution >= 0.6 is 0 Å². The van der Waals surface area contributed by atoms with Gasteiger partial charge in [0.05, 0.1) is 12.6 Å². The summed E-state index contributed by atoms with van der Waals surface area (Å²) in [6.45, 7) is 11.5. The lowest BCUT2D eigenvalue weighted by Gasteiger charge is -2.28. The minimum Gasteiger partial charge on any atom is -0.449 e. The lowest BCUT2D eigenvalue weighted by atomic mass is 9.85. The number of carbonyl (C=O) groups is 2. The van der Waals surface area contributed by atoms with Gasteiger partial charge in [-0.05, 0) is 18.3 Å². The van der Waals surface area contributed by atoms with Gasteiger partial charge < -0.3 is 10.1 Å². The first-order valence-corrected chi connectivity index (χ1v) is 5.58. The zero-order chi connectivity index (χ0) is 12.9. The van der Waals surface area contributed by atoms with Crippen molar-refractivity contribution in [1.29, 1.82) is 0 Å². The third-order valence-electron chi connectivity index (χ3n) is 2.08. The normalized spacial score (nSPS) is 13.4. The van der Waals surface area contributed by atoms with Gasteiger partial charge in [-0.15, -0.1) is 0 Å². The van der Waals surface area contributed by atoms with E-state index in [1.807, 2.05) is 34.6 Å². The number of carbonyl (C=O) groups excluding carboxylic acids is 2. The summed E-state index contributed by atoms with van der Waals surface area (Å²) in [6.07, 6.45) is -0.524. The second-order valence-corrected chi connectivity index (χ2v) is 5.55. The first-order chi connectivity index (χ1) is 7.14. The molecule has 0 saturated carbocycles. The van der Waals surface area contributed by atoms with E-state index in [1.54, 1.807) is 0 Å². The third-order valence-corrected chi connectivity index (χ3v) is 2.08. The van der Waals surface area contributed by atoms with Crippen molar-refractivity contribution in [1.82, 2.24) is 5.32 Å². The van der Waals surface area contributed by atoms with Gasteiger partial charge in [0.15, 0.2) is 5.78 Å². The van der Waals surface area contributed by atoms with Crippen molar-refractivity contribution in [2.75, 3.05) is 6.61 Å². The maximum Gasteiger partial charge on any atom is 0.407 e. The predicted octanol–water partition coefficient (Wildman–Crippen LogP) is 2.37. The SMILES string of the molecule is CC(=O)[C@@H](NC(=O)OCC(C)C)C(C)(C)C. The number of hydrogen-bond donors (Lipinski definition) is 1. The van der Waals surface area contributed by atoms with E-state index < -0.39 is 12.1 Å². The summed E-state index contributed by atoms with van der Waals surface area (Å²) in [5, 5.41) is 2.60. The Kier molecular flexibility index (Phi) is 5.48. The molecule has 0 aromatic rings. The quantitative estimate of drug-likeness (QED) is 0.805. The van der Waals surface area contributed by atoms with Gasteiger partial charge in [0.1, 0.15) is 0 Å². The van der Waals surface area contributed by atoms with Gasteiger partial charge in [0.2, 0.25) is 0 Å². The number of Topliss-reactive ketones (excluding diaryl/α,β-unsaturated/α-hetero) is 1. The molecule has 16 heavy (non-hydrogen) atoms. The lowest BCUT2D eigenvalue weighted by Crippen LogP contribution is -2.48. The van der Waals surface area contributed by atoms with Crippen molar-refractivity contribution in [3.8, 4) is 0 Å². The monoisotopic (exact) mass is 229 g/mol. The molecule has 0 rings (SSSR count). The summed E-state index contributed by atoms with van der Waals surface area (Å²) in [5.41, 5.74) is -0.303. The molecule has 0 bridgehead atoms. The highest BCUT2D eigenvalue weighted by molar-refractivity contribution is 5.86. The summed E-state index contributed by atoms with van der Waals surface area (Å²) in [7, 11) is 0. The van der Waals surface area contributed by atoms with Crippen LogP contribution in [0, 0.1) is 11.3 Å². The molecule has 0 spiro atoms. The van der Waals surface area contributed by atoms with Crippen molar-refractivity contribution in [2.24, 2.45) is 11.3 Å². The van der Waals surface area contributed by atoms with Gasteiger partial charge in [-0.2, -0.15) is 0 Å². The summed E-state index contributed by atoms with van der Waals surface area (Å²) < 4.78 is 4.98. The largest absolute Gasteiger partial charge is 0.449 e. The van der Waals surface area contributed by atoms with Crippen LogP contribution in [0.1, 0.15) is 41.5 Å². The van der Waals surface area contributed by atoms with Crippen LogP contribution in [0.25, 0.3) is 0 Å². The Morgan fingerprint density at radius 3 is 2.06 bits per heavy atom. The molecule has 0 heterocycles. The lowest BCUT2D eigenvalue weighted by molar-refractivity contribution is -0.121. The Hall–Kier alpha value is -1.06. The molecule has 1 atom stereocenters. The van der Waals surface area contributed by atoms with Crippen LogP contribution in [0.5, 0.6) is 0 Å². The molecule has 0 aliphatic heterocycles. The van der Waals surface area contributed by atoms with Crippen LogP contribution in [0.15, 0.2) is 0 Å². The Labute approximate surface area is 97.7 Å². The predicted molar refractivity (Wildman–Crippen MR) is 63.2 cm³/mol. The number of rotatable bonds is 4. The molecule has 0 aromatic heterocycles. The zero-order valence-electron chi connectivity index (χ0n) is 11.1. The number of ether oxygens (including phenoxy) is 1. The molecule has 1 N–H and O–H groups in total. The number of nitrogens with one attached hydrogen (secondary N) is 1. The first kappa shape index (κ1) is 14.9. The number of amides is 1. The molecule has 0 aromatic carbocycles. The molecule has 0 fully saturated rings. The highest BCUT2D eigenvalue weighted by Crippen LogP contribution is 2.20. The Balaban J connectivity index is 4.32. The van der Waals surface area contributed by atoms with Crippen molar-refractivity contribution in [3.05, 3.63) is 0 Å². The Morgan fingerprint density at radius 1 is 1.25 bits per heavy atom. The fourth-order valence-electron chi connectivity index (χ4n) is 1.33. The van der Waals surface area contributed by atoms with Gasteiger partial charge >= 0.3 is 6.09 Å². The second-order valence-electron chi connectivity index (χ2n) is 5.55. The molecule has 0 aliphatic carbocycles. The molecular weight excluding hydrogens is 206 g/mol. The summed E-state index contributed by atoms with van der Waals surface area (Å²) in [4.78, 5) is 22.8. The highest BCUT2D eigenvalue weighted by Gasteiger charge is 2.30. The van der Waals surface area contributed by atoms with Crippen molar-refractivity contribution >= 4 is 11.9 Å². The van der Waals surface area contributed by atoms with E-state index in [1.165, 1.54) is 6.92 Å². The third kappa shape index (κ3) is 5.73. The maximum atomic E-state index is 11.4. The standard InChI is InChI=1S/C12H23NO3/c1-8(2)7-16-11(15)13-10(9(3)14)12(4,5)6/h8,10H,7H2,1-6H3,(H,13,15)/t10-/m1/s1. The summed E-state index contributed by atoms with van der Waals surface area (Å²) in [6, 6.07) is -0.507. The van der Waals surface area contributed by atoms with Gasteiger partial charge in [0.25, 0.3) is 0 Å². The maximum absolute atomic E-state index is 11.4. The minimum atomic E-state index is -0.524. The average Bonchev–Trinajstić information content (AvgIpc) is 2.08. The zero-order valence-corrected chi connectivity index (χ0v) is 11.1. The fourth-order valence-corrected chi connectivity index (χ4v) is 1.33. The van der Waals surface area contributed by atoms with Crippen molar-refractivity contribution in [2.45, 2.75) is 47.6 Å². The smallest absolute Gasteiger partial charge is 0.407 e. The summed E-state index contributed by atoms with van der Waals surface area (Å²) in [5.74, 6) is 0.227. The van der Waals surface area contributed by atoms with E-state index in [0.717, 1.165) is 0 Å².